The molecule has 0 aliphatic carbocycles. The third-order valence-corrected chi connectivity index (χ3v) is 3.20. The van der Waals surface area contributed by atoms with E-state index < -0.39 is 5.91 Å². The fourth-order valence-electron chi connectivity index (χ4n) is 2.09. The van der Waals surface area contributed by atoms with Crippen LogP contribution in [0.4, 0.5) is 5.82 Å². The number of pyridine rings is 1. The minimum Gasteiger partial charge on any atom is -0.497 e. The van der Waals surface area contributed by atoms with Gasteiger partial charge in [0.2, 0.25) is 0 Å². The third-order valence-electron chi connectivity index (χ3n) is 3.20. The lowest BCUT2D eigenvalue weighted by molar-refractivity contribution is 0.102. The molecule has 116 valence electrons. The van der Waals surface area contributed by atoms with Gasteiger partial charge in [-0.25, -0.2) is 4.98 Å². The van der Waals surface area contributed by atoms with Crippen LogP contribution in [-0.4, -0.2) is 23.2 Å². The van der Waals surface area contributed by atoms with E-state index in [1.807, 2.05) is 0 Å². The number of anilines is 1. The Balaban J connectivity index is 2.06. The molecule has 1 amide bonds. The van der Waals surface area contributed by atoms with Crippen molar-refractivity contribution in [3.63, 3.8) is 0 Å². The first kappa shape index (κ1) is 14.6. The van der Waals surface area contributed by atoms with Crippen molar-refractivity contribution in [2.45, 2.75) is 0 Å². The molecular formula is C16H13N3O4. The summed E-state index contributed by atoms with van der Waals surface area (Å²) in [6.45, 7) is 0. The third kappa shape index (κ3) is 2.98. The summed E-state index contributed by atoms with van der Waals surface area (Å²) in [5.41, 5.74) is 0.364. The normalized spacial score (nSPS) is 11.4. The van der Waals surface area contributed by atoms with Gasteiger partial charge in [-0.15, -0.1) is 0 Å². The first-order chi connectivity index (χ1) is 11.2. The number of ether oxygens (including phenoxy) is 1. The van der Waals surface area contributed by atoms with Crippen molar-refractivity contribution in [1.29, 1.82) is 0 Å². The minimum atomic E-state index is -0.495. The van der Waals surface area contributed by atoms with Crippen LogP contribution in [0.3, 0.4) is 0 Å². The van der Waals surface area contributed by atoms with E-state index in [4.69, 9.17) is 14.4 Å². The fraction of sp³-hybridized carbons (Fsp3) is 0.0625. The molecule has 0 spiro atoms. The van der Waals surface area contributed by atoms with Crippen molar-refractivity contribution in [3.05, 3.63) is 59.8 Å². The number of methoxy groups -OCH3 is 1. The predicted octanol–water partition coefficient (Wildman–Crippen LogP) is 2.38. The van der Waals surface area contributed by atoms with Crippen LogP contribution in [-0.2, 0) is 0 Å². The van der Waals surface area contributed by atoms with Gasteiger partial charge in [-0.1, -0.05) is 6.07 Å². The van der Waals surface area contributed by atoms with Gasteiger partial charge in [0.1, 0.15) is 22.7 Å². The van der Waals surface area contributed by atoms with Crippen LogP contribution >= 0.6 is 0 Å². The summed E-state index contributed by atoms with van der Waals surface area (Å²) in [4.78, 5) is 16.4. The number of amides is 1. The number of nitrogens with zero attached hydrogens (tertiary/aromatic N) is 2. The number of rotatable bonds is 3. The van der Waals surface area contributed by atoms with E-state index in [1.165, 1.54) is 0 Å². The Labute approximate surface area is 130 Å². The summed E-state index contributed by atoms with van der Waals surface area (Å²) in [6, 6.07) is 11.8. The van der Waals surface area contributed by atoms with E-state index in [-0.39, 0.29) is 11.1 Å². The molecule has 0 fully saturated rings. The maximum Gasteiger partial charge on any atom is 0.268 e. The zero-order valence-electron chi connectivity index (χ0n) is 12.2. The monoisotopic (exact) mass is 311 g/mol. The highest BCUT2D eigenvalue weighted by Crippen LogP contribution is 2.20. The minimum absolute atomic E-state index is 0.0823. The lowest BCUT2D eigenvalue weighted by Crippen LogP contribution is -2.22. The number of aromatic nitrogens is 1. The second-order valence-electron chi connectivity index (χ2n) is 4.64. The molecule has 2 aromatic heterocycles. The number of fused-ring (bicyclic) bond motifs is 1. The first-order valence-electron chi connectivity index (χ1n) is 6.73. The number of carbonyl (C=O) groups excluding carboxylic acids is 1. The second-order valence-corrected chi connectivity index (χ2v) is 4.64. The number of nitrogens with one attached hydrogen (secondary N) is 1. The van der Waals surface area contributed by atoms with E-state index in [2.05, 4.69) is 15.5 Å². The maximum absolute atomic E-state index is 12.4. The van der Waals surface area contributed by atoms with Gasteiger partial charge in [0.05, 0.1) is 7.11 Å². The highest BCUT2D eigenvalue weighted by molar-refractivity contribution is 6.04. The molecule has 0 bridgehead atoms. The molecule has 0 saturated carbocycles. The van der Waals surface area contributed by atoms with Crippen LogP contribution in [0.1, 0.15) is 10.4 Å². The Kier molecular flexibility index (Phi) is 3.92. The maximum atomic E-state index is 12.4. The zero-order valence-corrected chi connectivity index (χ0v) is 12.2. The Hall–Kier alpha value is -3.35. The van der Waals surface area contributed by atoms with Gasteiger partial charge in [0.25, 0.3) is 11.5 Å². The Morgan fingerprint density at radius 3 is 2.87 bits per heavy atom. The van der Waals surface area contributed by atoms with E-state index in [0.29, 0.717) is 22.5 Å². The molecule has 3 rings (SSSR count). The zero-order chi connectivity index (χ0) is 16.2. The standard InChI is InChI=1S/C16H13N3O4/c1-22-11-5-6-13-10(8-11)9-12(16(19-21)23-13)15(20)18-14-4-2-3-7-17-14/h2-9,21H,1H3,(H,17,18,20)/b19-16-. The Morgan fingerprint density at radius 1 is 1.30 bits per heavy atom. The molecule has 0 aliphatic rings. The number of hydrogen-bond donors (Lipinski definition) is 2. The van der Waals surface area contributed by atoms with E-state index in [1.54, 1.807) is 55.8 Å². The largest absolute Gasteiger partial charge is 0.497 e. The lowest BCUT2D eigenvalue weighted by Gasteiger charge is -2.06. The van der Waals surface area contributed by atoms with Crippen LogP contribution in [0.25, 0.3) is 11.0 Å². The van der Waals surface area contributed by atoms with Crippen molar-refractivity contribution in [1.82, 2.24) is 4.98 Å². The molecule has 0 aliphatic heterocycles. The van der Waals surface area contributed by atoms with Crippen LogP contribution in [0, 0.1) is 0 Å². The average molecular weight is 311 g/mol. The molecule has 0 unspecified atom stereocenters. The summed E-state index contributed by atoms with van der Waals surface area (Å²) in [5.74, 6) is 0.509. The van der Waals surface area contributed by atoms with Gasteiger partial charge in [-0.3, -0.25) is 4.79 Å². The molecule has 3 aromatic rings. The molecule has 2 heterocycles. The van der Waals surface area contributed by atoms with Crippen LogP contribution in [0.5, 0.6) is 5.75 Å². The molecule has 7 nitrogen and oxygen atoms in total. The quantitative estimate of drug-likeness (QED) is 0.572. The van der Waals surface area contributed by atoms with Crippen LogP contribution < -0.4 is 15.6 Å². The van der Waals surface area contributed by atoms with Gasteiger partial charge >= 0.3 is 0 Å². The van der Waals surface area contributed by atoms with Gasteiger partial charge < -0.3 is 19.7 Å². The molecule has 2 N–H and O–H groups in total. The highest BCUT2D eigenvalue weighted by atomic mass is 16.5. The first-order valence-corrected chi connectivity index (χ1v) is 6.73. The number of carbonyl (C=O) groups is 1. The molecule has 1 aromatic carbocycles. The average Bonchev–Trinajstić information content (AvgIpc) is 2.60. The van der Waals surface area contributed by atoms with Gasteiger partial charge in [-0.05, 0) is 41.6 Å². The summed E-state index contributed by atoms with van der Waals surface area (Å²) >= 11 is 0. The number of hydrogen-bond acceptors (Lipinski definition) is 6. The van der Waals surface area contributed by atoms with Crippen molar-refractivity contribution >= 4 is 22.7 Å². The summed E-state index contributed by atoms with van der Waals surface area (Å²) < 4.78 is 10.6. The number of benzene rings is 1. The van der Waals surface area contributed by atoms with E-state index >= 15 is 0 Å². The Bertz CT molecular complexity index is 920. The summed E-state index contributed by atoms with van der Waals surface area (Å²) in [6.07, 6.45) is 1.56. The van der Waals surface area contributed by atoms with Crippen molar-refractivity contribution < 1.29 is 19.2 Å². The predicted molar refractivity (Wildman–Crippen MR) is 82.3 cm³/mol. The van der Waals surface area contributed by atoms with Gasteiger partial charge in [0, 0.05) is 11.6 Å². The highest BCUT2D eigenvalue weighted by Gasteiger charge is 2.14. The van der Waals surface area contributed by atoms with Crippen LogP contribution in [0.2, 0.25) is 0 Å². The van der Waals surface area contributed by atoms with Crippen LogP contribution in [0.15, 0.2) is 58.2 Å². The second kappa shape index (κ2) is 6.18. The summed E-state index contributed by atoms with van der Waals surface area (Å²) in [5, 5.41) is 15.4. The molecule has 23 heavy (non-hydrogen) atoms. The van der Waals surface area contributed by atoms with Crippen molar-refractivity contribution in [2.75, 3.05) is 12.4 Å². The topological polar surface area (TPSA) is 97.0 Å². The van der Waals surface area contributed by atoms with Gasteiger partial charge in [0.15, 0.2) is 0 Å². The van der Waals surface area contributed by atoms with E-state index in [9.17, 15) is 4.79 Å². The van der Waals surface area contributed by atoms with E-state index in [0.717, 1.165) is 0 Å². The molecule has 0 atom stereocenters. The van der Waals surface area contributed by atoms with Gasteiger partial charge in [-0.2, -0.15) is 0 Å². The molecule has 0 radical (unpaired) electrons. The SMILES string of the molecule is COc1ccc2o/c(=N\O)c(C(=O)Nc3ccccn3)cc2c1. The van der Waals surface area contributed by atoms with Crippen molar-refractivity contribution in [3.8, 4) is 5.75 Å². The lowest BCUT2D eigenvalue weighted by atomic mass is 10.1. The Morgan fingerprint density at radius 2 is 2.17 bits per heavy atom. The summed E-state index contributed by atoms with van der Waals surface area (Å²) in [7, 11) is 1.55. The molecular weight excluding hydrogens is 298 g/mol. The van der Waals surface area contributed by atoms with Crippen molar-refractivity contribution in [2.24, 2.45) is 5.16 Å². The molecule has 7 heteroatoms. The fourth-order valence-corrected chi connectivity index (χ4v) is 2.09. The molecule has 0 saturated heterocycles. The smallest absolute Gasteiger partial charge is 0.268 e.